The number of aryl methyl sites for hydroxylation is 3. The van der Waals surface area contributed by atoms with E-state index in [0.29, 0.717) is 37.5 Å². The number of hydrogen-bond acceptors (Lipinski definition) is 4. The van der Waals surface area contributed by atoms with E-state index in [4.69, 9.17) is 9.84 Å². The number of carboxylic acids is 1. The summed E-state index contributed by atoms with van der Waals surface area (Å²) in [5.74, 6) is -0.457. The van der Waals surface area contributed by atoms with E-state index in [1.54, 1.807) is 12.1 Å². The average Bonchev–Trinajstić information content (AvgIpc) is 2.89. The molecule has 0 aliphatic carbocycles. The first-order chi connectivity index (χ1) is 18.6. The van der Waals surface area contributed by atoms with Crippen LogP contribution in [0.3, 0.4) is 0 Å². The van der Waals surface area contributed by atoms with Crippen LogP contribution in [-0.2, 0) is 22.6 Å². The van der Waals surface area contributed by atoms with Gasteiger partial charge in [-0.15, -0.1) is 0 Å². The predicted molar refractivity (Wildman–Crippen MR) is 154 cm³/mol. The van der Waals surface area contributed by atoms with Gasteiger partial charge < -0.3 is 20.1 Å². The van der Waals surface area contributed by atoms with Crippen molar-refractivity contribution in [2.75, 3.05) is 25.0 Å². The van der Waals surface area contributed by atoms with Gasteiger partial charge in [0.2, 0.25) is 5.91 Å². The summed E-state index contributed by atoms with van der Waals surface area (Å²) in [4.78, 5) is 24.9. The van der Waals surface area contributed by atoms with Crippen molar-refractivity contribution in [3.63, 3.8) is 0 Å². The van der Waals surface area contributed by atoms with Gasteiger partial charge in [-0.25, -0.2) is 4.39 Å². The minimum absolute atomic E-state index is 0.0307. The van der Waals surface area contributed by atoms with Crippen LogP contribution in [0, 0.1) is 25.6 Å². The van der Waals surface area contributed by atoms with Gasteiger partial charge in [-0.2, -0.15) is 0 Å². The topological polar surface area (TPSA) is 78.9 Å². The molecule has 0 aliphatic heterocycles. The second kappa shape index (κ2) is 13.8. The zero-order chi connectivity index (χ0) is 28.5. The van der Waals surface area contributed by atoms with E-state index in [9.17, 15) is 14.0 Å². The molecule has 0 saturated heterocycles. The number of rotatable bonds is 13. The van der Waals surface area contributed by atoms with E-state index in [0.717, 1.165) is 33.6 Å². The smallest absolute Gasteiger partial charge is 0.303 e. The van der Waals surface area contributed by atoms with Crippen molar-refractivity contribution in [2.24, 2.45) is 5.92 Å². The van der Waals surface area contributed by atoms with Gasteiger partial charge in [-0.1, -0.05) is 38.1 Å². The zero-order valence-corrected chi connectivity index (χ0v) is 23.5. The number of carbonyl (C=O) groups excluding carboxylic acids is 1. The molecule has 0 radical (unpaired) electrons. The fraction of sp³-hybridized carbons (Fsp3) is 0.375. The van der Waals surface area contributed by atoms with Crippen LogP contribution in [0.15, 0.2) is 54.6 Å². The number of likely N-dealkylation sites (N-methyl/N-ethyl adjacent to an activating group) is 1. The van der Waals surface area contributed by atoms with E-state index in [-0.39, 0.29) is 24.7 Å². The lowest BCUT2D eigenvalue weighted by molar-refractivity contribution is -0.137. The maximum atomic E-state index is 14.4. The van der Waals surface area contributed by atoms with Crippen LogP contribution in [0.1, 0.15) is 49.4 Å². The van der Waals surface area contributed by atoms with Crippen LogP contribution in [-0.4, -0.2) is 41.6 Å². The first-order valence-electron chi connectivity index (χ1n) is 13.4. The van der Waals surface area contributed by atoms with Crippen LogP contribution in [0.2, 0.25) is 0 Å². The van der Waals surface area contributed by atoms with Crippen molar-refractivity contribution in [3.05, 3.63) is 82.7 Å². The lowest BCUT2D eigenvalue weighted by Gasteiger charge is -2.23. The lowest BCUT2D eigenvalue weighted by atomic mass is 9.94. The van der Waals surface area contributed by atoms with Gasteiger partial charge in [0.05, 0.1) is 6.54 Å². The molecule has 3 aromatic rings. The van der Waals surface area contributed by atoms with Crippen molar-refractivity contribution in [1.82, 2.24) is 4.90 Å². The summed E-state index contributed by atoms with van der Waals surface area (Å²) in [6.07, 6.45) is 0.0697. The number of halogens is 1. The largest absolute Gasteiger partial charge is 0.492 e. The molecule has 7 heteroatoms. The number of benzene rings is 3. The number of hydrogen-bond donors (Lipinski definition) is 2. The molecule has 2 N–H and O–H groups in total. The van der Waals surface area contributed by atoms with Gasteiger partial charge in [0, 0.05) is 31.1 Å². The maximum absolute atomic E-state index is 14.4. The Bertz CT molecular complexity index is 1280. The van der Waals surface area contributed by atoms with Crippen molar-refractivity contribution in [3.8, 4) is 16.9 Å². The quantitative estimate of drug-likeness (QED) is 0.258. The number of ether oxygens (including phenoxy) is 1. The van der Waals surface area contributed by atoms with Gasteiger partial charge in [0.15, 0.2) is 0 Å². The van der Waals surface area contributed by atoms with Crippen molar-refractivity contribution in [2.45, 2.75) is 54.0 Å². The second-order valence-electron chi connectivity index (χ2n) is 10.1. The molecule has 3 aromatic carbocycles. The molecule has 6 nitrogen and oxygen atoms in total. The Labute approximate surface area is 230 Å². The molecule has 0 saturated carbocycles. The Balaban J connectivity index is 1.66. The fourth-order valence-corrected chi connectivity index (χ4v) is 4.67. The standard InChI is InChI=1S/C32H39FN2O4/c1-6-35(32(38)21(2)3)14-15-39-28-16-22(4)31(23(5)17-28)26-9-7-8-24(18-26)20-34-27-12-10-25(29(33)19-27)11-13-30(36)37/h7-10,12,16-19,21,34H,6,11,13-15,20H2,1-5H3,(H,36,37). The van der Waals surface area contributed by atoms with Gasteiger partial charge in [-0.3, -0.25) is 9.59 Å². The normalized spacial score (nSPS) is 10.9. The molecule has 0 fully saturated rings. The number of nitrogens with one attached hydrogen (secondary N) is 1. The highest BCUT2D eigenvalue weighted by atomic mass is 19.1. The summed E-state index contributed by atoms with van der Waals surface area (Å²) in [5.41, 5.74) is 6.52. The molecule has 0 aromatic heterocycles. The van der Waals surface area contributed by atoms with Crippen LogP contribution < -0.4 is 10.1 Å². The van der Waals surface area contributed by atoms with Crippen LogP contribution >= 0.6 is 0 Å². The molecule has 0 heterocycles. The van der Waals surface area contributed by atoms with Gasteiger partial charge in [0.1, 0.15) is 18.2 Å². The van der Waals surface area contributed by atoms with Gasteiger partial charge in [0.25, 0.3) is 0 Å². The van der Waals surface area contributed by atoms with E-state index in [2.05, 4.69) is 31.3 Å². The Kier molecular flexibility index (Phi) is 10.5. The summed E-state index contributed by atoms with van der Waals surface area (Å²) in [6, 6.07) is 17.1. The Morgan fingerprint density at radius 3 is 2.38 bits per heavy atom. The minimum Gasteiger partial charge on any atom is -0.492 e. The number of carboxylic acid groups (broad SMARTS) is 1. The minimum atomic E-state index is -0.942. The highest BCUT2D eigenvalue weighted by Crippen LogP contribution is 2.32. The molecular weight excluding hydrogens is 495 g/mol. The van der Waals surface area contributed by atoms with Crippen molar-refractivity contribution >= 4 is 17.6 Å². The molecule has 0 aliphatic rings. The van der Waals surface area contributed by atoms with E-state index in [1.165, 1.54) is 6.07 Å². The Morgan fingerprint density at radius 2 is 1.77 bits per heavy atom. The van der Waals surface area contributed by atoms with Crippen molar-refractivity contribution in [1.29, 1.82) is 0 Å². The highest BCUT2D eigenvalue weighted by Gasteiger charge is 2.15. The highest BCUT2D eigenvalue weighted by molar-refractivity contribution is 5.78. The predicted octanol–water partition coefficient (Wildman–Crippen LogP) is 6.62. The van der Waals surface area contributed by atoms with Crippen molar-refractivity contribution < 1.29 is 23.8 Å². The summed E-state index contributed by atoms with van der Waals surface area (Å²) < 4.78 is 20.4. The molecule has 0 atom stereocenters. The molecule has 39 heavy (non-hydrogen) atoms. The first kappa shape index (κ1) is 29.7. The zero-order valence-electron chi connectivity index (χ0n) is 23.5. The van der Waals surface area contributed by atoms with Crippen LogP contribution in [0.25, 0.3) is 11.1 Å². The molecule has 3 rings (SSSR count). The van der Waals surface area contributed by atoms with Gasteiger partial charge in [-0.05, 0) is 90.9 Å². The van der Waals surface area contributed by atoms with E-state index >= 15 is 0 Å². The number of amides is 1. The number of carbonyl (C=O) groups is 2. The first-order valence-corrected chi connectivity index (χ1v) is 13.4. The number of aliphatic carboxylic acids is 1. The van der Waals surface area contributed by atoms with E-state index in [1.807, 2.05) is 49.9 Å². The Morgan fingerprint density at radius 1 is 1.05 bits per heavy atom. The molecule has 0 spiro atoms. The molecule has 208 valence electrons. The maximum Gasteiger partial charge on any atom is 0.303 e. The third-order valence-electron chi connectivity index (χ3n) is 6.70. The fourth-order valence-electron chi connectivity index (χ4n) is 4.67. The number of anilines is 1. The van der Waals surface area contributed by atoms with Crippen LogP contribution in [0.5, 0.6) is 5.75 Å². The molecule has 0 bridgehead atoms. The lowest BCUT2D eigenvalue weighted by Crippen LogP contribution is -2.37. The third-order valence-corrected chi connectivity index (χ3v) is 6.70. The summed E-state index contributed by atoms with van der Waals surface area (Å²) in [6.45, 7) is 12.1. The summed E-state index contributed by atoms with van der Waals surface area (Å²) in [5, 5.41) is 12.1. The molecule has 1 amide bonds. The second-order valence-corrected chi connectivity index (χ2v) is 10.1. The molecular formula is C32H39FN2O4. The number of nitrogens with zero attached hydrogens (tertiary/aromatic N) is 1. The Hall–Kier alpha value is -3.87. The summed E-state index contributed by atoms with van der Waals surface area (Å²) >= 11 is 0. The van der Waals surface area contributed by atoms with E-state index < -0.39 is 11.8 Å². The molecule has 0 unspecified atom stereocenters. The summed E-state index contributed by atoms with van der Waals surface area (Å²) in [7, 11) is 0. The van der Waals surface area contributed by atoms with Gasteiger partial charge >= 0.3 is 5.97 Å². The monoisotopic (exact) mass is 534 g/mol. The third kappa shape index (κ3) is 8.31. The SMILES string of the molecule is CCN(CCOc1cc(C)c(-c2cccc(CNc3ccc(CCC(=O)O)c(F)c3)c2)c(C)c1)C(=O)C(C)C. The average molecular weight is 535 g/mol. The van der Waals surface area contributed by atoms with Crippen LogP contribution in [0.4, 0.5) is 10.1 Å².